The molecule has 0 atom stereocenters. The summed E-state index contributed by atoms with van der Waals surface area (Å²) in [4.78, 5) is 13.3. The van der Waals surface area contributed by atoms with Crippen LogP contribution in [0.5, 0.6) is 11.6 Å². The molecule has 0 saturated heterocycles. The molecule has 0 radical (unpaired) electrons. The van der Waals surface area contributed by atoms with Gasteiger partial charge in [0, 0.05) is 10.9 Å². The van der Waals surface area contributed by atoms with Gasteiger partial charge in [-0.1, -0.05) is 54.1 Å². The summed E-state index contributed by atoms with van der Waals surface area (Å²) in [6.45, 7) is 2.49. The maximum Gasteiger partial charge on any atom is 0.290 e. The van der Waals surface area contributed by atoms with E-state index in [1.165, 1.54) is 12.1 Å². The Labute approximate surface area is 206 Å². The van der Waals surface area contributed by atoms with Gasteiger partial charge in [-0.2, -0.15) is 8.78 Å². The molecule has 1 aromatic heterocycles. The number of rotatable bonds is 7. The van der Waals surface area contributed by atoms with E-state index in [-0.39, 0.29) is 28.7 Å². The summed E-state index contributed by atoms with van der Waals surface area (Å²) < 4.78 is 50.9. The number of fused-ring (bicyclic) bond motifs is 1. The molecule has 1 aliphatic rings. The van der Waals surface area contributed by atoms with Crippen LogP contribution in [0, 0.1) is 19.7 Å². The summed E-state index contributed by atoms with van der Waals surface area (Å²) in [6, 6.07) is 16.1. The molecule has 8 heteroatoms. The van der Waals surface area contributed by atoms with Crippen molar-refractivity contribution in [1.82, 2.24) is 15.5 Å². The van der Waals surface area contributed by atoms with Crippen LogP contribution in [0.25, 0.3) is 10.9 Å². The van der Waals surface area contributed by atoms with E-state index in [2.05, 4.69) is 15.5 Å². The fourth-order valence-electron chi connectivity index (χ4n) is 4.35. The Hall–Kier alpha value is -3.94. The minimum atomic E-state index is -3.31. The summed E-state index contributed by atoms with van der Waals surface area (Å²) in [5.41, 5.74) is 1.96. The molecule has 184 valence electrons. The molecule has 1 amide bonds. The van der Waals surface area contributed by atoms with Crippen LogP contribution in [-0.4, -0.2) is 22.6 Å². The third-order valence-electron chi connectivity index (χ3n) is 6.33. The van der Waals surface area contributed by atoms with Crippen LogP contribution in [-0.2, 0) is 5.92 Å². The number of carbonyl (C=O) groups excluding carboxylic acids is 1. The van der Waals surface area contributed by atoms with Gasteiger partial charge in [-0.05, 0) is 55.9 Å². The largest absolute Gasteiger partial charge is 0.434 e. The highest BCUT2D eigenvalue weighted by Crippen LogP contribution is 2.43. The first-order chi connectivity index (χ1) is 17.2. The van der Waals surface area contributed by atoms with Crippen LogP contribution in [0.3, 0.4) is 0 Å². The monoisotopic (exact) mass is 491 g/mol. The molecule has 5 rings (SSSR count). The number of aromatic nitrogens is 2. The van der Waals surface area contributed by atoms with Gasteiger partial charge in [-0.25, -0.2) is 4.39 Å². The summed E-state index contributed by atoms with van der Waals surface area (Å²) in [7, 11) is 0. The van der Waals surface area contributed by atoms with E-state index in [4.69, 9.17) is 4.74 Å². The van der Waals surface area contributed by atoms with Crippen molar-refractivity contribution < 1.29 is 22.7 Å². The van der Waals surface area contributed by atoms with Crippen molar-refractivity contribution >= 4 is 16.8 Å². The maximum atomic E-state index is 15.1. The Bertz CT molecular complexity index is 1470. The average Bonchev–Trinajstić information content (AvgIpc) is 3.69. The highest BCUT2D eigenvalue weighted by molar-refractivity contribution is 6.07. The lowest BCUT2D eigenvalue weighted by atomic mass is 10.00. The van der Waals surface area contributed by atoms with Crippen molar-refractivity contribution in [3.63, 3.8) is 0 Å². The Morgan fingerprint density at radius 1 is 1.06 bits per heavy atom. The zero-order chi connectivity index (χ0) is 25.4. The fraction of sp³-hybridized carbons (Fsp3) is 0.250. The molecule has 1 N–H and O–H groups in total. The minimum Gasteiger partial charge on any atom is -0.434 e. The standard InChI is InChI=1S/C28H24F3N3O2/c1-16-10-13-21(17(2)14-16)28(30,31)15-32-26(35)24-20-6-3-4-8-22(20)33-34-27(24)36-23-9-5-7-19(25(23)29)18-11-12-18/h3-10,13-14,18H,11-12,15H2,1-2H3,(H,32,35). The fourth-order valence-corrected chi connectivity index (χ4v) is 4.35. The van der Waals surface area contributed by atoms with Gasteiger partial charge in [0.2, 0.25) is 0 Å². The molecule has 1 aliphatic carbocycles. The van der Waals surface area contributed by atoms with Crippen molar-refractivity contribution in [3.8, 4) is 11.6 Å². The molecule has 0 bridgehead atoms. The topological polar surface area (TPSA) is 64.1 Å². The Morgan fingerprint density at radius 3 is 2.58 bits per heavy atom. The molecule has 1 heterocycles. The lowest BCUT2D eigenvalue weighted by Gasteiger charge is -2.20. The van der Waals surface area contributed by atoms with Crippen LogP contribution in [0.2, 0.25) is 0 Å². The number of ether oxygens (including phenoxy) is 1. The number of carbonyl (C=O) groups is 1. The van der Waals surface area contributed by atoms with Gasteiger partial charge in [0.15, 0.2) is 11.6 Å². The van der Waals surface area contributed by atoms with E-state index < -0.39 is 24.2 Å². The zero-order valence-electron chi connectivity index (χ0n) is 19.8. The smallest absolute Gasteiger partial charge is 0.290 e. The zero-order valence-corrected chi connectivity index (χ0v) is 19.8. The predicted octanol–water partition coefficient (Wildman–Crippen LogP) is 6.58. The number of alkyl halides is 2. The SMILES string of the molecule is Cc1ccc(C(F)(F)CNC(=O)c2c(Oc3cccc(C4CC4)c3F)nnc3ccccc23)c(C)c1. The van der Waals surface area contributed by atoms with Crippen LogP contribution < -0.4 is 10.1 Å². The van der Waals surface area contributed by atoms with Gasteiger partial charge in [0.05, 0.1) is 12.1 Å². The summed E-state index contributed by atoms with van der Waals surface area (Å²) in [6.07, 6.45) is 1.80. The third-order valence-corrected chi connectivity index (χ3v) is 6.33. The van der Waals surface area contributed by atoms with Gasteiger partial charge in [0.1, 0.15) is 5.56 Å². The highest BCUT2D eigenvalue weighted by atomic mass is 19.3. The van der Waals surface area contributed by atoms with Crippen molar-refractivity contribution in [3.05, 3.63) is 94.3 Å². The van der Waals surface area contributed by atoms with Gasteiger partial charge in [0.25, 0.3) is 17.7 Å². The average molecular weight is 492 g/mol. The molecule has 1 saturated carbocycles. The first kappa shape index (κ1) is 23.8. The van der Waals surface area contributed by atoms with Crippen molar-refractivity contribution in [2.24, 2.45) is 0 Å². The molecule has 4 aromatic rings. The van der Waals surface area contributed by atoms with Crippen molar-refractivity contribution in [2.75, 3.05) is 6.54 Å². The predicted molar refractivity (Wildman–Crippen MR) is 130 cm³/mol. The Kier molecular flexibility index (Phi) is 6.12. The van der Waals surface area contributed by atoms with Gasteiger partial charge >= 0.3 is 0 Å². The van der Waals surface area contributed by atoms with Crippen molar-refractivity contribution in [2.45, 2.75) is 38.5 Å². The molecule has 36 heavy (non-hydrogen) atoms. The number of halogens is 3. The molecule has 0 aliphatic heterocycles. The first-order valence-corrected chi connectivity index (χ1v) is 11.7. The molecule has 5 nitrogen and oxygen atoms in total. The lowest BCUT2D eigenvalue weighted by Crippen LogP contribution is -2.35. The summed E-state index contributed by atoms with van der Waals surface area (Å²) in [5.74, 6) is -4.87. The quantitative estimate of drug-likeness (QED) is 0.317. The van der Waals surface area contributed by atoms with E-state index in [1.807, 2.05) is 6.92 Å². The normalized spacial score (nSPS) is 13.6. The second-order valence-electron chi connectivity index (χ2n) is 9.14. The maximum absolute atomic E-state index is 15.1. The summed E-state index contributed by atoms with van der Waals surface area (Å²) in [5, 5.41) is 10.7. The Balaban J connectivity index is 1.47. The van der Waals surface area contributed by atoms with Crippen molar-refractivity contribution in [1.29, 1.82) is 0 Å². The molecule has 1 fully saturated rings. The molecule has 0 spiro atoms. The number of benzene rings is 3. The van der Waals surface area contributed by atoms with E-state index in [0.29, 0.717) is 22.0 Å². The van der Waals surface area contributed by atoms with E-state index >= 15 is 13.2 Å². The van der Waals surface area contributed by atoms with E-state index in [1.54, 1.807) is 55.5 Å². The van der Waals surface area contributed by atoms with Crippen LogP contribution in [0.4, 0.5) is 13.2 Å². The number of nitrogens with zero attached hydrogens (tertiary/aromatic N) is 2. The lowest BCUT2D eigenvalue weighted by molar-refractivity contribution is -0.00308. The van der Waals surface area contributed by atoms with E-state index in [9.17, 15) is 4.79 Å². The second-order valence-corrected chi connectivity index (χ2v) is 9.14. The Morgan fingerprint density at radius 2 is 1.83 bits per heavy atom. The molecular formula is C28H24F3N3O2. The number of aryl methyl sites for hydroxylation is 2. The van der Waals surface area contributed by atoms with Crippen LogP contribution in [0.1, 0.15) is 51.4 Å². The molecular weight excluding hydrogens is 467 g/mol. The van der Waals surface area contributed by atoms with Gasteiger partial charge < -0.3 is 10.1 Å². The van der Waals surface area contributed by atoms with Gasteiger partial charge in [-0.3, -0.25) is 4.79 Å². The second kappa shape index (κ2) is 9.26. The van der Waals surface area contributed by atoms with E-state index in [0.717, 1.165) is 18.4 Å². The molecule has 3 aromatic carbocycles. The minimum absolute atomic E-state index is 0.0896. The first-order valence-electron chi connectivity index (χ1n) is 11.7. The van der Waals surface area contributed by atoms with Crippen LogP contribution in [0.15, 0.2) is 60.7 Å². The number of nitrogens with one attached hydrogen (secondary N) is 1. The van der Waals surface area contributed by atoms with Gasteiger partial charge in [-0.15, -0.1) is 10.2 Å². The third kappa shape index (κ3) is 4.63. The number of hydrogen-bond acceptors (Lipinski definition) is 4. The highest BCUT2D eigenvalue weighted by Gasteiger charge is 2.34. The van der Waals surface area contributed by atoms with Crippen LogP contribution >= 0.6 is 0 Å². The number of amides is 1. The molecule has 0 unspecified atom stereocenters. The summed E-state index contributed by atoms with van der Waals surface area (Å²) >= 11 is 0. The number of hydrogen-bond donors (Lipinski definition) is 1.